The lowest BCUT2D eigenvalue weighted by Crippen LogP contribution is -2.82. The Bertz CT molecular complexity index is 391. The first-order chi connectivity index (χ1) is 6.79. The van der Waals surface area contributed by atoms with E-state index in [4.69, 9.17) is 0 Å². The molecule has 0 aromatic heterocycles. The second kappa shape index (κ2) is 1.62. The fraction of sp³-hybridized carbons (Fsp3) is 0.833. The summed E-state index contributed by atoms with van der Waals surface area (Å²) in [5.41, 5.74) is 0. The molecule has 0 saturated heterocycles. The van der Waals surface area contributed by atoms with Crippen LogP contribution in [0.4, 0.5) is 0 Å². The van der Waals surface area contributed by atoms with E-state index in [0.29, 0.717) is 35.2 Å². The molecule has 8 aliphatic rings. The molecular weight excluding hydrogens is 176 g/mol. The average Bonchev–Trinajstić information content (AvgIpc) is 2.10. The summed E-state index contributed by atoms with van der Waals surface area (Å²) in [5, 5.41) is 0. The Hall–Kier alpha value is -0.660. The van der Waals surface area contributed by atoms with Gasteiger partial charge < -0.3 is 0 Å². The molecule has 8 rings (SSSR count). The lowest BCUT2D eigenvalue weighted by atomic mass is 9.21. The molecule has 0 N–H and O–H groups in total. The Kier molecular flexibility index (Phi) is 0.780. The number of fused-ring (bicyclic) bond motifs is 2. The van der Waals surface area contributed by atoms with E-state index in [1.165, 1.54) is 0 Å². The summed E-state index contributed by atoms with van der Waals surface area (Å²) >= 11 is 0. The molecule has 0 spiro atoms. The summed E-state index contributed by atoms with van der Waals surface area (Å²) in [7, 11) is 0. The third kappa shape index (κ3) is 0.396. The zero-order chi connectivity index (χ0) is 9.19. The fourth-order valence-corrected chi connectivity index (χ4v) is 6.06. The predicted octanol–water partition coefficient (Wildman–Crippen LogP) is 0.902. The van der Waals surface area contributed by atoms with Gasteiger partial charge in [-0.1, -0.05) is 0 Å². The summed E-state index contributed by atoms with van der Waals surface area (Å²) in [5.74, 6) is 5.81. The second-order valence-corrected chi connectivity index (χ2v) is 6.03. The molecule has 8 saturated carbocycles. The molecule has 0 aliphatic heterocycles. The Labute approximate surface area is 82.0 Å². The summed E-state index contributed by atoms with van der Waals surface area (Å²) in [6, 6.07) is 0. The van der Waals surface area contributed by atoms with Crippen LogP contribution in [0.2, 0.25) is 0 Å². The molecule has 2 heteroatoms. The van der Waals surface area contributed by atoms with Gasteiger partial charge in [0.15, 0.2) is 0 Å². The van der Waals surface area contributed by atoms with Crippen molar-refractivity contribution in [1.82, 2.24) is 0 Å². The number of Topliss-reactive ketones (excluding diaryl/α,β-unsaturated/α-hetero) is 2. The highest BCUT2D eigenvalue weighted by atomic mass is 16.1. The molecule has 0 aromatic carbocycles. The Balaban J connectivity index is 1.75. The lowest BCUT2D eigenvalue weighted by Gasteiger charge is -2.81. The van der Waals surface area contributed by atoms with Crippen molar-refractivity contribution in [3.63, 3.8) is 0 Å². The zero-order valence-electron chi connectivity index (χ0n) is 7.85. The van der Waals surface area contributed by atoms with Gasteiger partial charge in [-0.05, 0) is 35.5 Å². The third-order valence-corrected chi connectivity index (χ3v) is 6.14. The minimum absolute atomic E-state index is 0.336. The van der Waals surface area contributed by atoms with Crippen molar-refractivity contribution in [3.8, 4) is 0 Å². The highest BCUT2D eigenvalue weighted by Crippen LogP contribution is 2.81. The summed E-state index contributed by atoms with van der Waals surface area (Å²) in [6.45, 7) is 0. The van der Waals surface area contributed by atoms with Gasteiger partial charge in [0.1, 0.15) is 11.6 Å². The summed E-state index contributed by atoms with van der Waals surface area (Å²) in [4.78, 5) is 23.6. The number of carbonyl (C=O) groups excluding carboxylic acids is 2. The van der Waals surface area contributed by atoms with Crippen LogP contribution < -0.4 is 0 Å². The molecule has 14 heavy (non-hydrogen) atoms. The third-order valence-electron chi connectivity index (χ3n) is 6.14. The van der Waals surface area contributed by atoms with Crippen molar-refractivity contribution in [2.24, 2.45) is 47.3 Å². The van der Waals surface area contributed by atoms with Gasteiger partial charge in [-0.15, -0.1) is 0 Å². The van der Waals surface area contributed by atoms with Crippen molar-refractivity contribution in [3.05, 3.63) is 0 Å². The van der Waals surface area contributed by atoms with Crippen LogP contribution in [0.15, 0.2) is 0 Å². The van der Waals surface area contributed by atoms with Gasteiger partial charge in [-0.2, -0.15) is 0 Å². The smallest absolute Gasteiger partial charge is 0.136 e. The predicted molar refractivity (Wildman–Crippen MR) is 47.2 cm³/mol. The van der Waals surface area contributed by atoms with E-state index in [9.17, 15) is 9.59 Å². The lowest BCUT2D eigenvalue weighted by molar-refractivity contribution is -0.319. The molecule has 2 nitrogen and oxygen atoms in total. The number of rotatable bonds is 0. The largest absolute Gasteiger partial charge is 0.299 e. The zero-order valence-corrected chi connectivity index (χ0v) is 7.85. The first-order valence-electron chi connectivity index (χ1n) is 5.84. The maximum absolute atomic E-state index is 11.8. The monoisotopic (exact) mass is 188 g/mol. The molecule has 8 aliphatic carbocycles. The number of carbonyl (C=O) groups is 2. The number of hydrogen-bond donors (Lipinski definition) is 0. The van der Waals surface area contributed by atoms with Gasteiger partial charge >= 0.3 is 0 Å². The van der Waals surface area contributed by atoms with Crippen LogP contribution in [-0.4, -0.2) is 11.6 Å². The van der Waals surface area contributed by atoms with Gasteiger partial charge in [0.25, 0.3) is 0 Å². The van der Waals surface area contributed by atoms with E-state index in [1.807, 2.05) is 0 Å². The van der Waals surface area contributed by atoms with Gasteiger partial charge in [-0.3, -0.25) is 9.59 Å². The number of ketones is 2. The molecule has 0 unspecified atom stereocenters. The van der Waals surface area contributed by atoms with Crippen molar-refractivity contribution in [2.45, 2.75) is 12.8 Å². The highest BCUT2D eigenvalue weighted by molar-refractivity contribution is 5.93. The van der Waals surface area contributed by atoms with Gasteiger partial charge in [0.05, 0.1) is 0 Å². The molecule has 72 valence electrons. The summed E-state index contributed by atoms with van der Waals surface area (Å²) in [6.07, 6.45) is 1.62. The molecule has 8 fully saturated rings. The standard InChI is InChI=1S/C12H12O2/c13-5-2-4-7-3-1-6(14)10-11(7)9(4)12(10)8(3)5/h3-4,7-12H,1-2H2/t3-,4+,7-,8-,9+,10+,11-,12-/m0/s1. The van der Waals surface area contributed by atoms with Crippen LogP contribution in [0.3, 0.4) is 0 Å². The topological polar surface area (TPSA) is 34.1 Å². The van der Waals surface area contributed by atoms with E-state index >= 15 is 0 Å². The Morgan fingerprint density at radius 3 is 2.21 bits per heavy atom. The Morgan fingerprint density at radius 2 is 1.43 bits per heavy atom. The maximum Gasteiger partial charge on any atom is 0.136 e. The van der Waals surface area contributed by atoms with Crippen molar-refractivity contribution in [1.29, 1.82) is 0 Å². The number of hydrogen-bond acceptors (Lipinski definition) is 2. The molecule has 0 heterocycles. The van der Waals surface area contributed by atoms with E-state index in [1.54, 1.807) is 0 Å². The van der Waals surface area contributed by atoms with E-state index in [0.717, 1.165) is 36.5 Å². The Morgan fingerprint density at radius 1 is 0.714 bits per heavy atom. The molecule has 0 radical (unpaired) electrons. The van der Waals surface area contributed by atoms with Crippen LogP contribution in [0.25, 0.3) is 0 Å². The van der Waals surface area contributed by atoms with Crippen molar-refractivity contribution in [2.75, 3.05) is 0 Å². The van der Waals surface area contributed by atoms with Gasteiger partial charge in [0, 0.05) is 24.7 Å². The molecular formula is C12H12O2. The van der Waals surface area contributed by atoms with Crippen molar-refractivity contribution >= 4 is 11.6 Å². The molecule has 8 atom stereocenters. The van der Waals surface area contributed by atoms with Gasteiger partial charge in [0.2, 0.25) is 0 Å². The average molecular weight is 188 g/mol. The van der Waals surface area contributed by atoms with E-state index < -0.39 is 0 Å². The SMILES string of the molecule is O=C1C[C@@H]2[C@@H]3[C@@H]4CC(=O)[C@H]5[C@@H]([C@H]14)[C@H]2[C@@H]53. The van der Waals surface area contributed by atoms with Crippen LogP contribution in [0, 0.1) is 47.3 Å². The first kappa shape index (κ1) is 6.76. The second-order valence-electron chi connectivity index (χ2n) is 6.03. The van der Waals surface area contributed by atoms with Crippen LogP contribution in [-0.2, 0) is 9.59 Å². The highest BCUT2D eigenvalue weighted by Gasteiger charge is 2.81. The van der Waals surface area contributed by atoms with Gasteiger partial charge in [-0.25, -0.2) is 0 Å². The summed E-state index contributed by atoms with van der Waals surface area (Å²) < 4.78 is 0. The molecule has 8 bridgehead atoms. The van der Waals surface area contributed by atoms with Crippen LogP contribution in [0.5, 0.6) is 0 Å². The van der Waals surface area contributed by atoms with Crippen LogP contribution in [0.1, 0.15) is 12.8 Å². The molecule has 0 amide bonds. The fourth-order valence-electron chi connectivity index (χ4n) is 6.06. The maximum atomic E-state index is 11.8. The van der Waals surface area contributed by atoms with E-state index in [2.05, 4.69) is 0 Å². The minimum atomic E-state index is 0.336. The minimum Gasteiger partial charge on any atom is -0.299 e. The first-order valence-corrected chi connectivity index (χ1v) is 5.84. The normalized spacial score (nSPS) is 70.6. The van der Waals surface area contributed by atoms with Crippen LogP contribution >= 0.6 is 0 Å². The molecule has 0 aromatic rings. The van der Waals surface area contributed by atoms with E-state index in [-0.39, 0.29) is 0 Å². The van der Waals surface area contributed by atoms with Crippen molar-refractivity contribution < 1.29 is 9.59 Å². The quantitative estimate of drug-likeness (QED) is 0.566.